The van der Waals surface area contributed by atoms with Crippen LogP contribution in [-0.2, 0) is 4.79 Å². The average molecular weight is 298 g/mol. The number of carbonyl (C=O) groups excluding carboxylic acids is 1. The van der Waals surface area contributed by atoms with Crippen molar-refractivity contribution in [2.75, 3.05) is 12.4 Å². The zero-order valence-electron chi connectivity index (χ0n) is 12.0. The van der Waals surface area contributed by atoms with E-state index in [4.69, 9.17) is 0 Å². The fraction of sp³-hybridized carbons (Fsp3) is 0.769. The molecule has 1 heterocycles. The first kappa shape index (κ1) is 15.3. The summed E-state index contributed by atoms with van der Waals surface area (Å²) in [6.45, 7) is 3.91. The molecule has 1 aliphatic rings. The van der Waals surface area contributed by atoms with Crippen LogP contribution < -0.4 is 5.32 Å². The van der Waals surface area contributed by atoms with Crippen molar-refractivity contribution >= 4 is 17.7 Å². The van der Waals surface area contributed by atoms with Crippen LogP contribution in [0.3, 0.4) is 0 Å². The molecule has 0 bridgehead atoms. The predicted molar refractivity (Wildman–Crippen MR) is 77.6 cm³/mol. The molecule has 0 unspecified atom stereocenters. The summed E-state index contributed by atoms with van der Waals surface area (Å²) >= 11 is 1.40. The quantitative estimate of drug-likeness (QED) is 0.709. The number of rotatable bonds is 8. The van der Waals surface area contributed by atoms with Crippen molar-refractivity contribution in [2.45, 2.75) is 56.3 Å². The van der Waals surface area contributed by atoms with Crippen LogP contribution in [-0.4, -0.2) is 43.7 Å². The number of aromatic nitrogens is 3. The van der Waals surface area contributed by atoms with Crippen LogP contribution in [0, 0.1) is 0 Å². The minimum absolute atomic E-state index is 0.0331. The van der Waals surface area contributed by atoms with Gasteiger partial charge < -0.3 is 15.0 Å². The molecule has 1 saturated carbocycles. The van der Waals surface area contributed by atoms with Crippen molar-refractivity contribution < 1.29 is 9.90 Å². The molecular weight excluding hydrogens is 276 g/mol. The zero-order valence-corrected chi connectivity index (χ0v) is 12.8. The standard InChI is InChI=1S/C13H22N4O2S/c1-3-13(4-2,8-18)15-11(19)7-20-12-16-14-9-17(12)10-5-6-10/h9-10,18H,3-8H2,1-2H3,(H,15,19). The molecule has 0 spiro atoms. The molecule has 1 aromatic heterocycles. The Bertz CT molecular complexity index is 447. The van der Waals surface area contributed by atoms with Gasteiger partial charge in [0.2, 0.25) is 5.91 Å². The SMILES string of the molecule is CCC(CC)(CO)NC(=O)CSc1nncn1C1CC1. The Morgan fingerprint density at radius 2 is 2.25 bits per heavy atom. The first-order chi connectivity index (χ1) is 9.64. The maximum atomic E-state index is 12.0. The van der Waals surface area contributed by atoms with Gasteiger partial charge in [-0.2, -0.15) is 0 Å². The molecule has 7 heteroatoms. The molecule has 0 atom stereocenters. The van der Waals surface area contributed by atoms with Gasteiger partial charge in [0.15, 0.2) is 5.16 Å². The molecule has 2 rings (SSSR count). The lowest BCUT2D eigenvalue weighted by atomic mass is 9.94. The highest BCUT2D eigenvalue weighted by molar-refractivity contribution is 7.99. The van der Waals surface area contributed by atoms with Gasteiger partial charge in [0, 0.05) is 6.04 Å². The molecule has 1 fully saturated rings. The van der Waals surface area contributed by atoms with Crippen molar-refractivity contribution in [3.63, 3.8) is 0 Å². The van der Waals surface area contributed by atoms with Crippen molar-refractivity contribution in [2.24, 2.45) is 0 Å². The Kier molecular flexibility index (Phi) is 5.04. The molecule has 1 amide bonds. The van der Waals surface area contributed by atoms with Gasteiger partial charge >= 0.3 is 0 Å². The van der Waals surface area contributed by atoms with Gasteiger partial charge in [-0.25, -0.2) is 0 Å². The van der Waals surface area contributed by atoms with Gasteiger partial charge in [-0.1, -0.05) is 25.6 Å². The number of aliphatic hydroxyl groups excluding tert-OH is 1. The van der Waals surface area contributed by atoms with E-state index < -0.39 is 5.54 Å². The second-order valence-electron chi connectivity index (χ2n) is 5.23. The maximum absolute atomic E-state index is 12.0. The van der Waals surface area contributed by atoms with E-state index >= 15 is 0 Å². The van der Waals surface area contributed by atoms with Crippen molar-refractivity contribution in [1.29, 1.82) is 0 Å². The first-order valence-corrected chi connectivity index (χ1v) is 8.07. The van der Waals surface area contributed by atoms with E-state index in [1.54, 1.807) is 6.33 Å². The third-order valence-corrected chi connectivity index (χ3v) is 4.83. The van der Waals surface area contributed by atoms with E-state index in [-0.39, 0.29) is 12.5 Å². The van der Waals surface area contributed by atoms with E-state index in [2.05, 4.69) is 15.5 Å². The Labute approximate surface area is 123 Å². The summed E-state index contributed by atoms with van der Waals surface area (Å²) in [6, 6.07) is 0.512. The molecule has 0 saturated heterocycles. The normalized spacial score (nSPS) is 15.3. The van der Waals surface area contributed by atoms with E-state index in [0.29, 0.717) is 24.6 Å². The fourth-order valence-electron chi connectivity index (χ4n) is 2.09. The highest BCUT2D eigenvalue weighted by Crippen LogP contribution is 2.37. The lowest BCUT2D eigenvalue weighted by Crippen LogP contribution is -2.51. The van der Waals surface area contributed by atoms with Gasteiger partial charge in [-0.15, -0.1) is 10.2 Å². The molecule has 0 radical (unpaired) electrons. The molecule has 6 nitrogen and oxygen atoms in total. The number of amides is 1. The van der Waals surface area contributed by atoms with Crippen LogP contribution in [0.25, 0.3) is 0 Å². The summed E-state index contributed by atoms with van der Waals surface area (Å²) in [7, 11) is 0. The molecule has 1 aromatic rings. The number of hydrogen-bond acceptors (Lipinski definition) is 5. The monoisotopic (exact) mass is 298 g/mol. The Balaban J connectivity index is 1.87. The third kappa shape index (κ3) is 3.52. The zero-order chi connectivity index (χ0) is 14.6. The van der Waals surface area contributed by atoms with Crippen molar-refractivity contribution in [1.82, 2.24) is 20.1 Å². The summed E-state index contributed by atoms with van der Waals surface area (Å²) < 4.78 is 2.04. The molecule has 1 aliphatic carbocycles. The Hall–Kier alpha value is -1.08. The summed E-state index contributed by atoms with van der Waals surface area (Å²) in [6.07, 6.45) is 5.49. The number of thioether (sulfide) groups is 1. The van der Waals surface area contributed by atoms with Crippen molar-refractivity contribution in [3.05, 3.63) is 6.33 Å². The van der Waals surface area contributed by atoms with Crippen LogP contribution in [0.1, 0.15) is 45.6 Å². The van der Waals surface area contributed by atoms with Crippen LogP contribution in [0.2, 0.25) is 0 Å². The number of aliphatic hydroxyl groups is 1. The Morgan fingerprint density at radius 3 is 2.80 bits per heavy atom. The van der Waals surface area contributed by atoms with E-state index in [0.717, 1.165) is 18.0 Å². The fourth-order valence-corrected chi connectivity index (χ4v) is 2.87. The van der Waals surface area contributed by atoms with E-state index in [1.807, 2.05) is 18.4 Å². The Morgan fingerprint density at radius 1 is 1.55 bits per heavy atom. The number of nitrogens with one attached hydrogen (secondary N) is 1. The van der Waals surface area contributed by atoms with Gasteiger partial charge in [-0.3, -0.25) is 4.79 Å². The maximum Gasteiger partial charge on any atom is 0.230 e. The van der Waals surface area contributed by atoms with E-state index in [9.17, 15) is 9.90 Å². The molecule has 20 heavy (non-hydrogen) atoms. The van der Waals surface area contributed by atoms with Gasteiger partial charge in [0.1, 0.15) is 6.33 Å². The lowest BCUT2D eigenvalue weighted by molar-refractivity contribution is -0.121. The predicted octanol–water partition coefficient (Wildman–Crippen LogP) is 1.37. The molecule has 0 aliphatic heterocycles. The second-order valence-corrected chi connectivity index (χ2v) is 6.18. The topological polar surface area (TPSA) is 80.0 Å². The first-order valence-electron chi connectivity index (χ1n) is 7.08. The number of hydrogen-bond donors (Lipinski definition) is 2. The van der Waals surface area contributed by atoms with Crippen LogP contribution in [0.4, 0.5) is 0 Å². The van der Waals surface area contributed by atoms with E-state index in [1.165, 1.54) is 11.8 Å². The minimum Gasteiger partial charge on any atom is -0.394 e. The second kappa shape index (κ2) is 6.58. The van der Waals surface area contributed by atoms with Crippen LogP contribution in [0.15, 0.2) is 11.5 Å². The summed E-state index contributed by atoms with van der Waals surface area (Å²) in [4.78, 5) is 12.0. The average Bonchev–Trinajstić information content (AvgIpc) is 3.21. The largest absolute Gasteiger partial charge is 0.394 e. The molecule has 0 aromatic carbocycles. The molecule has 2 N–H and O–H groups in total. The summed E-state index contributed by atoms with van der Waals surface area (Å²) in [5.41, 5.74) is -0.498. The highest BCUT2D eigenvalue weighted by Gasteiger charge is 2.28. The molecular formula is C13H22N4O2S. The summed E-state index contributed by atoms with van der Waals surface area (Å²) in [5, 5.41) is 21.1. The third-order valence-electron chi connectivity index (χ3n) is 3.87. The number of carbonyl (C=O) groups is 1. The van der Waals surface area contributed by atoms with Gasteiger partial charge in [-0.05, 0) is 25.7 Å². The highest BCUT2D eigenvalue weighted by atomic mass is 32.2. The van der Waals surface area contributed by atoms with Gasteiger partial charge in [0.05, 0.1) is 17.9 Å². The lowest BCUT2D eigenvalue weighted by Gasteiger charge is -2.30. The van der Waals surface area contributed by atoms with Crippen LogP contribution in [0.5, 0.6) is 0 Å². The van der Waals surface area contributed by atoms with Gasteiger partial charge in [0.25, 0.3) is 0 Å². The van der Waals surface area contributed by atoms with Crippen molar-refractivity contribution in [3.8, 4) is 0 Å². The summed E-state index contributed by atoms with van der Waals surface area (Å²) in [5.74, 6) is 0.228. The van der Waals surface area contributed by atoms with Crippen LogP contribution >= 0.6 is 11.8 Å². The smallest absolute Gasteiger partial charge is 0.230 e. The minimum atomic E-state index is -0.498. The molecule has 112 valence electrons. The number of nitrogens with zero attached hydrogens (tertiary/aromatic N) is 3.